The number of rotatable bonds is 11. The number of sulfonamides is 1. The second-order valence-electron chi connectivity index (χ2n) is 8.85. The van der Waals surface area contributed by atoms with Crippen molar-refractivity contribution in [3.63, 3.8) is 0 Å². The quantitative estimate of drug-likeness (QED) is 0.294. The molecule has 0 saturated heterocycles. The van der Waals surface area contributed by atoms with Crippen LogP contribution in [0.25, 0.3) is 21.8 Å². The van der Waals surface area contributed by atoms with Crippen molar-refractivity contribution in [2.45, 2.75) is 50.0 Å². The van der Waals surface area contributed by atoms with Crippen LogP contribution in [0.5, 0.6) is 0 Å². The van der Waals surface area contributed by atoms with Crippen LogP contribution < -0.4 is 15.4 Å². The van der Waals surface area contributed by atoms with Gasteiger partial charge in [-0.05, 0) is 44.4 Å². The average molecular weight is 583 g/mol. The zero-order valence-electron chi connectivity index (χ0n) is 21.0. The predicted octanol–water partition coefficient (Wildman–Crippen LogP) is 4.78. The molecule has 0 bridgehead atoms. The second-order valence-corrected chi connectivity index (χ2v) is 12.1. The van der Waals surface area contributed by atoms with E-state index in [0.29, 0.717) is 29.5 Å². The lowest BCUT2D eigenvalue weighted by molar-refractivity contribution is 0.168. The summed E-state index contributed by atoms with van der Waals surface area (Å²) in [4.78, 5) is 25.0. The highest BCUT2D eigenvalue weighted by Gasteiger charge is 2.31. The standard InChI is InChI=1S/C24H28ClFN6O4S2/c1-4-8-29-38(34,35)18-11-15(25)10-16(19(18)26)20-21(37-22(32-20)14-5-6-14)17-7-9-27-23(31-17)28-12-13(2)30-24(33)36-3/h7,9-11,13-14,29H,4-6,8,12H2,1-3H3,(H,30,33)(H,27,28,31)/t13-/m0/s1. The third-order valence-electron chi connectivity index (χ3n) is 5.67. The highest BCUT2D eigenvalue weighted by molar-refractivity contribution is 7.89. The normalized spacial score (nSPS) is 14.2. The number of aromatic nitrogens is 3. The van der Waals surface area contributed by atoms with Gasteiger partial charge in [-0.3, -0.25) is 0 Å². The number of amides is 1. The molecule has 3 N–H and O–H groups in total. The highest BCUT2D eigenvalue weighted by atomic mass is 35.5. The Morgan fingerprint density at radius 1 is 1.32 bits per heavy atom. The molecular weight excluding hydrogens is 555 g/mol. The molecule has 0 spiro atoms. The van der Waals surface area contributed by atoms with E-state index >= 15 is 4.39 Å². The van der Waals surface area contributed by atoms with Gasteiger partial charge in [0.1, 0.15) is 4.90 Å². The van der Waals surface area contributed by atoms with E-state index in [1.54, 1.807) is 19.2 Å². The number of thiazole rings is 1. The molecule has 3 aromatic rings. The number of halogens is 2. The van der Waals surface area contributed by atoms with Gasteiger partial charge in [0.2, 0.25) is 16.0 Å². The molecule has 0 aliphatic heterocycles. The van der Waals surface area contributed by atoms with Gasteiger partial charge in [-0.15, -0.1) is 11.3 Å². The molecule has 1 saturated carbocycles. The van der Waals surface area contributed by atoms with E-state index in [9.17, 15) is 13.2 Å². The van der Waals surface area contributed by atoms with Gasteiger partial charge in [-0.1, -0.05) is 18.5 Å². The maximum Gasteiger partial charge on any atom is 0.407 e. The van der Waals surface area contributed by atoms with Crippen LogP contribution in [-0.4, -0.2) is 55.7 Å². The Hall–Kier alpha value is -2.87. The van der Waals surface area contributed by atoms with E-state index in [1.165, 1.54) is 24.5 Å². The number of carbonyl (C=O) groups is 1. The van der Waals surface area contributed by atoms with Crippen LogP contribution in [0.3, 0.4) is 0 Å². The summed E-state index contributed by atoms with van der Waals surface area (Å²) in [6, 6.07) is 3.89. The van der Waals surface area contributed by atoms with Crippen LogP contribution >= 0.6 is 22.9 Å². The molecule has 204 valence electrons. The molecular formula is C24H28ClFN6O4S2. The molecule has 1 aliphatic carbocycles. The van der Waals surface area contributed by atoms with Gasteiger partial charge in [0.25, 0.3) is 0 Å². The average Bonchev–Trinajstić information content (AvgIpc) is 3.65. The fraction of sp³-hybridized carbons (Fsp3) is 0.417. The van der Waals surface area contributed by atoms with E-state index in [2.05, 4.69) is 30.1 Å². The molecule has 2 heterocycles. The molecule has 4 rings (SSSR count). The summed E-state index contributed by atoms with van der Waals surface area (Å²) in [5.74, 6) is -0.359. The Bertz CT molecular complexity index is 1430. The zero-order chi connectivity index (χ0) is 27.4. The summed E-state index contributed by atoms with van der Waals surface area (Å²) >= 11 is 7.66. The molecule has 2 aromatic heterocycles. The summed E-state index contributed by atoms with van der Waals surface area (Å²) in [6.07, 6.45) is 3.52. The predicted molar refractivity (Wildman–Crippen MR) is 144 cm³/mol. The minimum Gasteiger partial charge on any atom is -0.453 e. The summed E-state index contributed by atoms with van der Waals surface area (Å²) in [5, 5.41) is 6.61. The lowest BCUT2D eigenvalue weighted by Gasteiger charge is -2.14. The van der Waals surface area contributed by atoms with Gasteiger partial charge < -0.3 is 15.4 Å². The van der Waals surface area contributed by atoms with Crippen molar-refractivity contribution in [1.29, 1.82) is 0 Å². The number of ether oxygens (including phenoxy) is 1. The van der Waals surface area contributed by atoms with E-state index < -0.39 is 26.8 Å². The summed E-state index contributed by atoms with van der Waals surface area (Å²) in [5.41, 5.74) is 0.745. The zero-order valence-corrected chi connectivity index (χ0v) is 23.4. The maximum atomic E-state index is 15.8. The van der Waals surface area contributed by atoms with Crippen LogP contribution in [0.4, 0.5) is 15.1 Å². The highest BCUT2D eigenvalue weighted by Crippen LogP contribution is 2.47. The molecule has 1 fully saturated rings. The van der Waals surface area contributed by atoms with Crippen LogP contribution in [0.1, 0.15) is 44.0 Å². The number of benzene rings is 1. The number of methoxy groups -OCH3 is 1. The number of anilines is 1. The second kappa shape index (κ2) is 11.9. The van der Waals surface area contributed by atoms with Crippen LogP contribution in [0.15, 0.2) is 29.3 Å². The van der Waals surface area contributed by atoms with Crippen molar-refractivity contribution in [2.75, 3.05) is 25.5 Å². The first-order chi connectivity index (χ1) is 18.1. The number of hydrogen-bond donors (Lipinski definition) is 3. The van der Waals surface area contributed by atoms with Gasteiger partial charge in [0, 0.05) is 41.8 Å². The molecule has 0 radical (unpaired) electrons. The van der Waals surface area contributed by atoms with Crippen LogP contribution in [-0.2, 0) is 14.8 Å². The molecule has 1 amide bonds. The minimum atomic E-state index is -4.12. The summed E-state index contributed by atoms with van der Waals surface area (Å²) in [7, 11) is -2.84. The van der Waals surface area contributed by atoms with Gasteiger partial charge in [-0.2, -0.15) is 0 Å². The molecule has 1 atom stereocenters. The molecule has 1 aliphatic rings. The SMILES string of the molecule is CCCNS(=O)(=O)c1cc(Cl)cc(-c2nc(C3CC3)sc2-c2ccnc(NC[C@H](C)NC(=O)OC)n2)c1F. The van der Waals surface area contributed by atoms with E-state index in [0.717, 1.165) is 23.9 Å². The van der Waals surface area contributed by atoms with Crippen molar-refractivity contribution in [1.82, 2.24) is 25.0 Å². The summed E-state index contributed by atoms with van der Waals surface area (Å²) < 4.78 is 48.4. The van der Waals surface area contributed by atoms with Crippen molar-refractivity contribution in [2.24, 2.45) is 0 Å². The van der Waals surface area contributed by atoms with Gasteiger partial charge in [0.05, 0.1) is 28.4 Å². The van der Waals surface area contributed by atoms with E-state index in [-0.39, 0.29) is 34.8 Å². The molecule has 14 heteroatoms. The van der Waals surface area contributed by atoms with E-state index in [4.69, 9.17) is 16.6 Å². The fourth-order valence-corrected chi connectivity index (χ4v) is 6.33. The van der Waals surface area contributed by atoms with Gasteiger partial charge in [0.15, 0.2) is 5.82 Å². The van der Waals surface area contributed by atoms with Crippen molar-refractivity contribution >= 4 is 45.0 Å². The third kappa shape index (κ3) is 6.57. The Labute approximate surface area is 229 Å². The lowest BCUT2D eigenvalue weighted by atomic mass is 10.1. The number of nitrogens with zero attached hydrogens (tertiary/aromatic N) is 3. The smallest absolute Gasteiger partial charge is 0.407 e. The van der Waals surface area contributed by atoms with Crippen molar-refractivity contribution in [3.05, 3.63) is 40.2 Å². The topological polar surface area (TPSA) is 135 Å². The fourth-order valence-electron chi connectivity index (χ4n) is 3.57. The molecule has 0 unspecified atom stereocenters. The lowest BCUT2D eigenvalue weighted by Crippen LogP contribution is -2.37. The monoisotopic (exact) mass is 582 g/mol. The molecule has 10 nitrogen and oxygen atoms in total. The van der Waals surface area contributed by atoms with Crippen LogP contribution in [0.2, 0.25) is 5.02 Å². The number of carbonyl (C=O) groups excluding carboxylic acids is 1. The van der Waals surface area contributed by atoms with E-state index in [1.807, 2.05) is 6.92 Å². The largest absolute Gasteiger partial charge is 0.453 e. The number of alkyl carbamates (subject to hydrolysis) is 1. The van der Waals surface area contributed by atoms with Gasteiger partial charge in [-0.25, -0.2) is 37.3 Å². The minimum absolute atomic E-state index is 0.0171. The first-order valence-electron chi connectivity index (χ1n) is 12.0. The Morgan fingerprint density at radius 3 is 2.76 bits per heavy atom. The third-order valence-corrected chi connectivity index (χ3v) is 8.58. The van der Waals surface area contributed by atoms with Crippen molar-refractivity contribution in [3.8, 4) is 21.8 Å². The number of hydrogen-bond acceptors (Lipinski definition) is 9. The Balaban J connectivity index is 1.72. The maximum absolute atomic E-state index is 15.8. The van der Waals surface area contributed by atoms with Crippen LogP contribution in [0, 0.1) is 5.82 Å². The van der Waals surface area contributed by atoms with Gasteiger partial charge >= 0.3 is 6.09 Å². The Kier molecular flexibility index (Phi) is 8.81. The Morgan fingerprint density at radius 2 is 2.08 bits per heavy atom. The number of nitrogens with one attached hydrogen (secondary N) is 3. The molecule has 38 heavy (non-hydrogen) atoms. The summed E-state index contributed by atoms with van der Waals surface area (Å²) in [6.45, 7) is 4.10. The molecule has 1 aromatic carbocycles. The first-order valence-corrected chi connectivity index (χ1v) is 14.7. The van der Waals surface area contributed by atoms with Crippen molar-refractivity contribution < 1.29 is 22.3 Å². The first kappa shape index (κ1) is 28.1.